The van der Waals surface area contributed by atoms with Gasteiger partial charge in [0.25, 0.3) is 0 Å². The maximum atomic E-state index is 12.8. The van der Waals surface area contributed by atoms with Gasteiger partial charge in [-0.25, -0.2) is 9.19 Å². The maximum absolute atomic E-state index is 12.8. The maximum Gasteiger partial charge on any atom is 0.416 e. The third kappa shape index (κ3) is 2.77. The van der Waals surface area contributed by atoms with Gasteiger partial charge in [-0.3, -0.25) is 0 Å². The number of imidazole rings is 1. The molecule has 3 aromatic rings. The second-order valence-electron chi connectivity index (χ2n) is 5.48. The zero-order valence-electron chi connectivity index (χ0n) is 12.9. The number of benzene rings is 2. The number of anilines is 1. The molecule has 0 aliphatic heterocycles. The van der Waals surface area contributed by atoms with Crippen LogP contribution in [-0.4, -0.2) is 14.2 Å². The molecule has 24 heavy (non-hydrogen) atoms. The molecule has 0 spiro atoms. The summed E-state index contributed by atoms with van der Waals surface area (Å²) in [4.78, 5) is 7.28. The third-order valence-electron chi connectivity index (χ3n) is 3.76. The number of fused-ring (bicyclic) bond motifs is 1. The number of hydrogen-bond donors (Lipinski definition) is 2. The lowest BCUT2D eigenvalue weighted by Gasteiger charge is -2.09. The van der Waals surface area contributed by atoms with E-state index in [-0.39, 0.29) is 10.7 Å². The van der Waals surface area contributed by atoms with Crippen LogP contribution >= 0.6 is 0 Å². The van der Waals surface area contributed by atoms with Gasteiger partial charge < -0.3 is 10.7 Å². The molecule has 1 unspecified atom stereocenters. The molecule has 0 amide bonds. The van der Waals surface area contributed by atoms with E-state index in [0.717, 1.165) is 23.3 Å². The second kappa shape index (κ2) is 5.62. The Labute approximate surface area is 138 Å². The Morgan fingerprint density at radius 3 is 2.46 bits per heavy atom. The molecule has 3 N–H and O–H groups in total. The number of nitrogen functional groups attached to an aromatic ring is 1. The molecule has 3 rings (SSSR count). The Kier molecular flexibility index (Phi) is 3.87. The van der Waals surface area contributed by atoms with Crippen LogP contribution < -0.4 is 5.73 Å². The van der Waals surface area contributed by atoms with Crippen LogP contribution in [0, 0.1) is 13.8 Å². The molecule has 0 bridgehead atoms. The van der Waals surface area contributed by atoms with Crippen molar-refractivity contribution in [2.75, 3.05) is 5.73 Å². The molecule has 126 valence electrons. The number of nitrogens with two attached hydrogens (primary N) is 1. The summed E-state index contributed by atoms with van der Waals surface area (Å²) >= 11 is 0. The number of nitrogens with one attached hydrogen (secondary N) is 1. The van der Waals surface area contributed by atoms with Gasteiger partial charge in [0.2, 0.25) is 5.16 Å². The molecule has 0 saturated carbocycles. The first-order valence-corrected chi connectivity index (χ1v) is 8.18. The van der Waals surface area contributed by atoms with Crippen LogP contribution in [0.25, 0.3) is 11.0 Å². The van der Waals surface area contributed by atoms with E-state index in [0.29, 0.717) is 16.1 Å². The molecule has 1 atom stereocenters. The summed E-state index contributed by atoms with van der Waals surface area (Å²) in [6, 6.07) is 6.77. The SMILES string of the molecule is Cc1ccc(C)c(S(=O)c2nc3ccc(C(F)(F)F)cc3[nH]2)c1N. The molecule has 0 aliphatic rings. The minimum absolute atomic E-state index is 0.0738. The van der Waals surface area contributed by atoms with E-state index in [1.807, 2.05) is 6.07 Å². The van der Waals surface area contributed by atoms with Crippen molar-refractivity contribution in [1.29, 1.82) is 0 Å². The number of alkyl halides is 3. The van der Waals surface area contributed by atoms with E-state index in [1.54, 1.807) is 19.9 Å². The monoisotopic (exact) mass is 353 g/mol. The van der Waals surface area contributed by atoms with Crippen molar-refractivity contribution >= 4 is 27.5 Å². The summed E-state index contributed by atoms with van der Waals surface area (Å²) < 4.78 is 51.2. The Morgan fingerprint density at radius 1 is 1.12 bits per heavy atom. The summed E-state index contributed by atoms with van der Waals surface area (Å²) in [5.74, 6) is 0. The van der Waals surface area contributed by atoms with Crippen molar-refractivity contribution in [3.8, 4) is 0 Å². The third-order valence-corrected chi connectivity index (χ3v) is 5.22. The van der Waals surface area contributed by atoms with Crippen LogP contribution in [0.2, 0.25) is 0 Å². The quantitative estimate of drug-likeness (QED) is 0.685. The first-order valence-electron chi connectivity index (χ1n) is 7.03. The molecule has 4 nitrogen and oxygen atoms in total. The van der Waals surface area contributed by atoms with Gasteiger partial charge in [0.05, 0.1) is 27.2 Å². The number of hydrogen-bond acceptors (Lipinski definition) is 3. The van der Waals surface area contributed by atoms with E-state index in [2.05, 4.69) is 9.97 Å². The normalized spacial score (nSPS) is 13.4. The smallest absolute Gasteiger partial charge is 0.398 e. The van der Waals surface area contributed by atoms with Crippen LogP contribution in [0.1, 0.15) is 16.7 Å². The first kappa shape index (κ1) is 16.5. The predicted molar refractivity (Wildman–Crippen MR) is 86.1 cm³/mol. The van der Waals surface area contributed by atoms with Crippen LogP contribution in [0.4, 0.5) is 18.9 Å². The molecule has 8 heteroatoms. The minimum Gasteiger partial charge on any atom is -0.398 e. The average Bonchev–Trinajstić information content (AvgIpc) is 2.93. The highest BCUT2D eigenvalue weighted by Gasteiger charge is 2.31. The Bertz CT molecular complexity index is 963. The Hall–Kier alpha value is -2.35. The van der Waals surface area contributed by atoms with E-state index in [4.69, 9.17) is 5.73 Å². The van der Waals surface area contributed by atoms with Crippen LogP contribution in [0.5, 0.6) is 0 Å². The fourth-order valence-electron chi connectivity index (χ4n) is 2.40. The molecular weight excluding hydrogens is 339 g/mol. The molecule has 0 radical (unpaired) electrons. The molecular formula is C16H14F3N3OS. The zero-order valence-corrected chi connectivity index (χ0v) is 13.7. The number of aromatic amines is 1. The highest BCUT2D eigenvalue weighted by Crippen LogP contribution is 2.32. The lowest BCUT2D eigenvalue weighted by atomic mass is 10.1. The van der Waals surface area contributed by atoms with Gasteiger partial charge in [0, 0.05) is 0 Å². The molecule has 0 saturated heterocycles. The van der Waals surface area contributed by atoms with Crippen molar-refractivity contribution < 1.29 is 17.4 Å². The van der Waals surface area contributed by atoms with E-state index < -0.39 is 22.5 Å². The van der Waals surface area contributed by atoms with Gasteiger partial charge in [-0.2, -0.15) is 13.2 Å². The average molecular weight is 353 g/mol. The molecule has 1 heterocycles. The first-order chi connectivity index (χ1) is 11.2. The van der Waals surface area contributed by atoms with Crippen LogP contribution in [0.15, 0.2) is 40.4 Å². The van der Waals surface area contributed by atoms with Gasteiger partial charge in [0.1, 0.15) is 10.8 Å². The zero-order chi connectivity index (χ0) is 17.6. The highest BCUT2D eigenvalue weighted by atomic mass is 32.2. The summed E-state index contributed by atoms with van der Waals surface area (Å²) in [6.45, 7) is 3.57. The lowest BCUT2D eigenvalue weighted by molar-refractivity contribution is -0.137. The Balaban J connectivity index is 2.10. The number of aryl methyl sites for hydroxylation is 2. The van der Waals surface area contributed by atoms with Crippen molar-refractivity contribution in [1.82, 2.24) is 9.97 Å². The number of rotatable bonds is 2. The molecule has 2 aromatic carbocycles. The summed E-state index contributed by atoms with van der Waals surface area (Å²) in [5, 5.41) is 0.0738. The molecule has 1 aromatic heterocycles. The number of nitrogens with zero attached hydrogens (tertiary/aromatic N) is 1. The van der Waals surface area contributed by atoms with Crippen LogP contribution in [-0.2, 0) is 17.0 Å². The van der Waals surface area contributed by atoms with Gasteiger partial charge in [-0.05, 0) is 43.2 Å². The largest absolute Gasteiger partial charge is 0.416 e. The lowest BCUT2D eigenvalue weighted by Crippen LogP contribution is -2.04. The van der Waals surface area contributed by atoms with Crippen molar-refractivity contribution in [3.05, 3.63) is 47.0 Å². The van der Waals surface area contributed by atoms with Crippen molar-refractivity contribution in [3.63, 3.8) is 0 Å². The fourth-order valence-corrected chi connectivity index (χ4v) is 3.70. The van der Waals surface area contributed by atoms with Crippen LogP contribution in [0.3, 0.4) is 0 Å². The highest BCUT2D eigenvalue weighted by molar-refractivity contribution is 7.85. The topological polar surface area (TPSA) is 71.8 Å². The second-order valence-corrected chi connectivity index (χ2v) is 6.81. The minimum atomic E-state index is -4.45. The number of aromatic nitrogens is 2. The van der Waals surface area contributed by atoms with Crippen molar-refractivity contribution in [2.24, 2.45) is 0 Å². The van der Waals surface area contributed by atoms with E-state index >= 15 is 0 Å². The number of halogens is 3. The summed E-state index contributed by atoms with van der Waals surface area (Å²) in [7, 11) is -1.71. The molecule has 0 fully saturated rings. The van der Waals surface area contributed by atoms with E-state index in [1.165, 1.54) is 6.07 Å². The van der Waals surface area contributed by atoms with Gasteiger partial charge in [-0.1, -0.05) is 12.1 Å². The van der Waals surface area contributed by atoms with E-state index in [9.17, 15) is 17.4 Å². The Morgan fingerprint density at radius 2 is 1.79 bits per heavy atom. The number of H-pyrrole nitrogens is 1. The summed E-state index contributed by atoms with van der Waals surface area (Å²) in [6.07, 6.45) is -4.45. The van der Waals surface area contributed by atoms with Gasteiger partial charge in [0.15, 0.2) is 0 Å². The van der Waals surface area contributed by atoms with Gasteiger partial charge >= 0.3 is 6.18 Å². The standard InChI is InChI=1S/C16H14F3N3OS/c1-8-3-4-9(2)14(13(8)20)24(23)15-21-11-6-5-10(16(17,18)19)7-12(11)22-15/h3-7H,20H2,1-2H3,(H,21,22). The van der Waals surface area contributed by atoms with Gasteiger partial charge in [-0.15, -0.1) is 0 Å². The molecule has 0 aliphatic carbocycles. The predicted octanol–water partition coefficient (Wildman–Crippen LogP) is 3.95. The fraction of sp³-hybridized carbons (Fsp3) is 0.188. The van der Waals surface area contributed by atoms with Crippen molar-refractivity contribution in [2.45, 2.75) is 30.1 Å². The summed E-state index contributed by atoms with van der Waals surface area (Å²) in [5.41, 5.74) is 7.62.